The molecular formula is C23H22N2O4. The number of rotatable bonds is 4. The lowest BCUT2D eigenvalue weighted by atomic mass is 10.0. The number of hydrogen-bond acceptors (Lipinski definition) is 4. The lowest BCUT2D eigenvalue weighted by Crippen LogP contribution is -2.56. The minimum Gasteiger partial charge on any atom is -0.495 e. The molecule has 4 rings (SSSR count). The van der Waals surface area contributed by atoms with Gasteiger partial charge in [-0.1, -0.05) is 24.3 Å². The van der Waals surface area contributed by atoms with Gasteiger partial charge in [-0.2, -0.15) is 0 Å². The maximum atomic E-state index is 13.6. The third-order valence-corrected chi connectivity index (χ3v) is 5.34. The van der Waals surface area contributed by atoms with Crippen LogP contribution in [0, 0.1) is 13.8 Å². The van der Waals surface area contributed by atoms with Crippen LogP contribution in [0.4, 0.5) is 11.4 Å². The van der Waals surface area contributed by atoms with Gasteiger partial charge in [-0.05, 0) is 55.3 Å². The van der Waals surface area contributed by atoms with Crippen LogP contribution in [-0.4, -0.2) is 25.5 Å². The van der Waals surface area contributed by atoms with Gasteiger partial charge in [0.15, 0.2) is 6.04 Å². The first-order valence-electron chi connectivity index (χ1n) is 9.39. The molecule has 0 N–H and O–H groups in total. The molecule has 6 heteroatoms. The number of hydrogen-bond donors (Lipinski definition) is 0. The maximum absolute atomic E-state index is 13.6. The summed E-state index contributed by atoms with van der Waals surface area (Å²) in [5.41, 5.74) is 3.30. The van der Waals surface area contributed by atoms with E-state index in [4.69, 9.17) is 9.15 Å². The smallest absolute Gasteiger partial charge is 0.258 e. The molecule has 1 saturated heterocycles. The normalized spacial score (nSPS) is 17.0. The molecule has 0 radical (unpaired) electrons. The molecule has 148 valence electrons. The molecular weight excluding hydrogens is 368 g/mol. The van der Waals surface area contributed by atoms with Crippen molar-refractivity contribution in [2.45, 2.75) is 19.9 Å². The fourth-order valence-electron chi connectivity index (χ4n) is 3.72. The van der Waals surface area contributed by atoms with Gasteiger partial charge < -0.3 is 14.1 Å². The zero-order valence-corrected chi connectivity index (χ0v) is 16.6. The highest BCUT2D eigenvalue weighted by atomic mass is 16.5. The molecule has 1 atom stereocenters. The van der Waals surface area contributed by atoms with Crippen molar-refractivity contribution in [3.05, 3.63) is 77.7 Å². The van der Waals surface area contributed by atoms with Crippen LogP contribution in [0.25, 0.3) is 0 Å². The summed E-state index contributed by atoms with van der Waals surface area (Å²) in [6, 6.07) is 15.4. The van der Waals surface area contributed by atoms with Crippen molar-refractivity contribution < 1.29 is 18.7 Å². The fourth-order valence-corrected chi connectivity index (χ4v) is 3.72. The number of para-hydroxylation sites is 2. The van der Waals surface area contributed by atoms with Gasteiger partial charge in [0, 0.05) is 5.69 Å². The van der Waals surface area contributed by atoms with E-state index in [1.807, 2.05) is 44.2 Å². The average molecular weight is 390 g/mol. The summed E-state index contributed by atoms with van der Waals surface area (Å²) in [4.78, 5) is 30.0. The lowest BCUT2D eigenvalue weighted by Gasteiger charge is -2.40. The molecule has 1 aliphatic rings. The Kier molecular flexibility index (Phi) is 4.84. The number of benzene rings is 2. The molecule has 0 saturated carbocycles. The summed E-state index contributed by atoms with van der Waals surface area (Å²) in [6.45, 7) is 3.88. The molecule has 1 fully saturated rings. The molecule has 0 bridgehead atoms. The highest BCUT2D eigenvalue weighted by Gasteiger charge is 2.44. The number of carbonyl (C=O) groups excluding carboxylic acids is 2. The predicted molar refractivity (Wildman–Crippen MR) is 110 cm³/mol. The van der Waals surface area contributed by atoms with E-state index in [1.54, 1.807) is 36.3 Å². The largest absolute Gasteiger partial charge is 0.495 e. The SMILES string of the molecule is COc1ccccc1N1C(=O)CN(c2cccc(C)c2C)C(=O)[C@@H]1c1ccco1. The van der Waals surface area contributed by atoms with Gasteiger partial charge >= 0.3 is 0 Å². The van der Waals surface area contributed by atoms with E-state index >= 15 is 0 Å². The maximum Gasteiger partial charge on any atom is 0.258 e. The van der Waals surface area contributed by atoms with Crippen LogP contribution in [0.5, 0.6) is 5.75 Å². The highest BCUT2D eigenvalue weighted by molar-refractivity contribution is 6.15. The third kappa shape index (κ3) is 3.16. The number of piperazine rings is 1. The van der Waals surface area contributed by atoms with Crippen molar-refractivity contribution in [3.63, 3.8) is 0 Å². The second-order valence-corrected chi connectivity index (χ2v) is 7.00. The number of furan rings is 1. The zero-order valence-electron chi connectivity index (χ0n) is 16.6. The van der Waals surface area contributed by atoms with Crippen molar-refractivity contribution in [1.82, 2.24) is 0 Å². The van der Waals surface area contributed by atoms with E-state index in [-0.39, 0.29) is 18.4 Å². The number of aryl methyl sites for hydroxylation is 1. The van der Waals surface area contributed by atoms with Crippen LogP contribution in [0.1, 0.15) is 22.9 Å². The summed E-state index contributed by atoms with van der Waals surface area (Å²) < 4.78 is 11.0. The van der Waals surface area contributed by atoms with E-state index in [1.165, 1.54) is 11.2 Å². The van der Waals surface area contributed by atoms with Crippen molar-refractivity contribution in [3.8, 4) is 5.75 Å². The number of amides is 2. The molecule has 1 aliphatic heterocycles. The monoisotopic (exact) mass is 390 g/mol. The summed E-state index contributed by atoms with van der Waals surface area (Å²) in [7, 11) is 1.54. The first-order valence-corrected chi connectivity index (χ1v) is 9.39. The number of anilines is 2. The third-order valence-electron chi connectivity index (χ3n) is 5.34. The second kappa shape index (κ2) is 7.47. The van der Waals surface area contributed by atoms with Crippen molar-refractivity contribution in [2.75, 3.05) is 23.5 Å². The lowest BCUT2D eigenvalue weighted by molar-refractivity contribution is -0.129. The molecule has 3 aromatic rings. The summed E-state index contributed by atoms with van der Waals surface area (Å²) in [5, 5.41) is 0. The van der Waals surface area contributed by atoms with Crippen LogP contribution in [0.2, 0.25) is 0 Å². The Labute approximate surface area is 169 Å². The van der Waals surface area contributed by atoms with Gasteiger partial charge in [0.25, 0.3) is 5.91 Å². The van der Waals surface area contributed by atoms with Crippen molar-refractivity contribution >= 4 is 23.2 Å². The first-order chi connectivity index (χ1) is 14.0. The quantitative estimate of drug-likeness (QED) is 0.675. The number of ether oxygens (including phenoxy) is 1. The number of methoxy groups -OCH3 is 1. The molecule has 0 spiro atoms. The molecule has 6 nitrogen and oxygen atoms in total. The van der Waals surface area contributed by atoms with E-state index in [2.05, 4.69) is 0 Å². The molecule has 2 aromatic carbocycles. The Morgan fingerprint density at radius 3 is 2.45 bits per heavy atom. The Morgan fingerprint density at radius 1 is 0.966 bits per heavy atom. The zero-order chi connectivity index (χ0) is 20.5. The predicted octanol–water partition coefficient (Wildman–Crippen LogP) is 4.03. The van der Waals surface area contributed by atoms with Gasteiger partial charge in [-0.25, -0.2) is 0 Å². The van der Waals surface area contributed by atoms with Gasteiger partial charge in [0.2, 0.25) is 5.91 Å². The summed E-state index contributed by atoms with van der Waals surface area (Å²) >= 11 is 0. The van der Waals surface area contributed by atoms with Crippen LogP contribution in [0.15, 0.2) is 65.3 Å². The Bertz CT molecular complexity index is 1060. The van der Waals surface area contributed by atoms with Gasteiger partial charge in [-0.15, -0.1) is 0 Å². The Hall–Kier alpha value is -3.54. The minimum atomic E-state index is -0.914. The fraction of sp³-hybridized carbons (Fsp3) is 0.217. The molecule has 2 amide bonds. The molecule has 0 aliphatic carbocycles. The van der Waals surface area contributed by atoms with Gasteiger partial charge in [0.05, 0.1) is 19.1 Å². The van der Waals surface area contributed by atoms with Crippen molar-refractivity contribution in [1.29, 1.82) is 0 Å². The van der Waals surface area contributed by atoms with E-state index in [0.29, 0.717) is 17.2 Å². The first kappa shape index (κ1) is 18.8. The summed E-state index contributed by atoms with van der Waals surface area (Å²) in [5.74, 6) is 0.491. The Balaban J connectivity index is 1.84. The van der Waals surface area contributed by atoms with Crippen LogP contribution in [-0.2, 0) is 9.59 Å². The molecule has 2 heterocycles. The van der Waals surface area contributed by atoms with Gasteiger partial charge in [0.1, 0.15) is 18.1 Å². The van der Waals surface area contributed by atoms with Gasteiger partial charge in [-0.3, -0.25) is 14.5 Å². The van der Waals surface area contributed by atoms with Crippen molar-refractivity contribution in [2.24, 2.45) is 0 Å². The minimum absolute atomic E-state index is 0.0572. The molecule has 0 unspecified atom stereocenters. The van der Waals surface area contributed by atoms with Crippen LogP contribution < -0.4 is 14.5 Å². The van der Waals surface area contributed by atoms with E-state index < -0.39 is 6.04 Å². The number of nitrogens with zero attached hydrogens (tertiary/aromatic N) is 2. The highest BCUT2D eigenvalue weighted by Crippen LogP contribution is 2.39. The van der Waals surface area contributed by atoms with E-state index in [9.17, 15) is 9.59 Å². The molecule has 1 aromatic heterocycles. The summed E-state index contributed by atoms with van der Waals surface area (Å²) in [6.07, 6.45) is 1.50. The average Bonchev–Trinajstić information content (AvgIpc) is 3.26. The molecule has 29 heavy (non-hydrogen) atoms. The van der Waals surface area contributed by atoms with Crippen LogP contribution in [0.3, 0.4) is 0 Å². The van der Waals surface area contributed by atoms with Crippen LogP contribution >= 0.6 is 0 Å². The van der Waals surface area contributed by atoms with E-state index in [0.717, 1.165) is 16.8 Å². The second-order valence-electron chi connectivity index (χ2n) is 7.00. The standard InChI is InChI=1S/C23H22N2O4/c1-15-8-6-10-17(16(15)2)24-14-21(26)25(18-9-4-5-11-19(18)28-3)22(23(24)27)20-12-7-13-29-20/h4-13,22H,14H2,1-3H3/t22-/m0/s1. The Morgan fingerprint density at radius 2 is 1.72 bits per heavy atom. The number of carbonyl (C=O) groups is 2. The topological polar surface area (TPSA) is 63.0 Å².